The van der Waals surface area contributed by atoms with Crippen LogP contribution < -0.4 is 5.32 Å². The van der Waals surface area contributed by atoms with Gasteiger partial charge in [0.15, 0.2) is 0 Å². The number of nitrogens with zero attached hydrogens (tertiary/aromatic N) is 1. The van der Waals surface area contributed by atoms with Crippen LogP contribution in [-0.2, 0) is 4.74 Å². The molecule has 0 saturated heterocycles. The highest BCUT2D eigenvalue weighted by Gasteiger charge is 2.16. The van der Waals surface area contributed by atoms with E-state index in [2.05, 4.69) is 19.2 Å². The molecule has 1 N–H and O–H groups in total. The lowest BCUT2D eigenvalue weighted by Crippen LogP contribution is -2.32. The number of thioether (sulfide) groups is 1. The van der Waals surface area contributed by atoms with Crippen LogP contribution in [0.1, 0.15) is 123 Å². The summed E-state index contributed by atoms with van der Waals surface area (Å²) in [7, 11) is 3.93. The lowest BCUT2D eigenvalue weighted by molar-refractivity contribution is 0.0869. The Bertz CT molecular complexity index is 447. The van der Waals surface area contributed by atoms with E-state index < -0.39 is 6.09 Å². The minimum Gasteiger partial charge on any atom is -0.446 e. The molecule has 0 fully saturated rings. The maximum absolute atomic E-state index is 12.2. The van der Waals surface area contributed by atoms with Gasteiger partial charge in [-0.2, -0.15) is 0 Å². The zero-order valence-electron chi connectivity index (χ0n) is 21.6. The van der Waals surface area contributed by atoms with Gasteiger partial charge in [0.05, 0.1) is 0 Å². The van der Waals surface area contributed by atoms with Gasteiger partial charge in [-0.15, -0.1) is 0 Å². The quantitative estimate of drug-likeness (QED) is 0.171. The second-order valence-corrected chi connectivity index (χ2v) is 10.3. The Balaban J connectivity index is 4.20. The van der Waals surface area contributed by atoms with E-state index in [0.717, 1.165) is 44.0 Å². The average Bonchev–Trinajstić information content (AvgIpc) is 2.74. The maximum Gasteiger partial charge on any atom is 0.414 e. The summed E-state index contributed by atoms with van der Waals surface area (Å²) in [6.45, 7) is 5.29. The third-order valence-electron chi connectivity index (χ3n) is 5.76. The standard InChI is InChI=1S/C26H52N2O3S/c1-5-7-9-11-13-15-17-19-21-24(20-18-16-14-12-10-8-6-2)31-25(29)27-26(30)32-23-22-28(3)4/h24H,5-23H2,1-4H3,(H,27,29,30). The monoisotopic (exact) mass is 472 g/mol. The smallest absolute Gasteiger partial charge is 0.414 e. The van der Waals surface area contributed by atoms with E-state index in [9.17, 15) is 9.59 Å². The molecular weight excluding hydrogens is 420 g/mol. The van der Waals surface area contributed by atoms with Gasteiger partial charge in [-0.1, -0.05) is 109 Å². The predicted octanol–water partition coefficient (Wildman–Crippen LogP) is 8.17. The SMILES string of the molecule is CCCCCCCCCCC(CCCCCCCCC)OC(=O)NC(=O)SCCN(C)C. The molecule has 0 spiro atoms. The number of alkyl carbamates (subject to hydrolysis) is 1. The molecule has 0 aliphatic carbocycles. The molecule has 0 aliphatic heterocycles. The van der Waals surface area contributed by atoms with Gasteiger partial charge < -0.3 is 9.64 Å². The predicted molar refractivity (Wildman–Crippen MR) is 140 cm³/mol. The molecule has 0 aliphatic rings. The Labute approximate surface area is 203 Å². The molecule has 32 heavy (non-hydrogen) atoms. The van der Waals surface area contributed by atoms with Gasteiger partial charge in [0.1, 0.15) is 6.10 Å². The number of hydrogen-bond acceptors (Lipinski definition) is 5. The third-order valence-corrected chi connectivity index (χ3v) is 6.51. The fraction of sp³-hybridized carbons (Fsp3) is 0.923. The Morgan fingerprint density at radius 2 is 1.19 bits per heavy atom. The fourth-order valence-electron chi connectivity index (χ4n) is 3.72. The van der Waals surface area contributed by atoms with E-state index in [0.29, 0.717) is 5.75 Å². The third kappa shape index (κ3) is 22.4. The number of amides is 2. The first-order valence-electron chi connectivity index (χ1n) is 13.3. The number of ether oxygens (including phenoxy) is 1. The molecule has 0 rings (SSSR count). The van der Waals surface area contributed by atoms with Crippen molar-refractivity contribution in [2.45, 2.75) is 129 Å². The van der Waals surface area contributed by atoms with E-state index in [1.54, 1.807) is 0 Å². The van der Waals surface area contributed by atoms with Crippen LogP contribution >= 0.6 is 11.8 Å². The molecular formula is C26H52N2O3S. The highest BCUT2D eigenvalue weighted by atomic mass is 32.2. The van der Waals surface area contributed by atoms with E-state index in [-0.39, 0.29) is 11.3 Å². The Morgan fingerprint density at radius 1 is 0.750 bits per heavy atom. The van der Waals surface area contributed by atoms with Crippen LogP contribution in [0, 0.1) is 0 Å². The summed E-state index contributed by atoms with van der Waals surface area (Å²) in [6, 6.07) is 0. The number of carbonyl (C=O) groups is 2. The Morgan fingerprint density at radius 3 is 1.62 bits per heavy atom. The average molecular weight is 473 g/mol. The summed E-state index contributed by atoms with van der Waals surface area (Å²) in [5.41, 5.74) is 0. The topological polar surface area (TPSA) is 58.6 Å². The van der Waals surface area contributed by atoms with Gasteiger partial charge in [0, 0.05) is 12.3 Å². The van der Waals surface area contributed by atoms with Crippen molar-refractivity contribution >= 4 is 23.1 Å². The summed E-state index contributed by atoms with van der Waals surface area (Å²) in [5.74, 6) is 0.659. The molecule has 1 atom stereocenters. The van der Waals surface area contributed by atoms with Gasteiger partial charge in [-0.25, -0.2) is 4.79 Å². The first kappa shape index (κ1) is 31.2. The molecule has 190 valence electrons. The molecule has 0 radical (unpaired) electrons. The van der Waals surface area contributed by atoms with E-state index >= 15 is 0 Å². The number of nitrogens with one attached hydrogen (secondary N) is 1. The van der Waals surface area contributed by atoms with Crippen molar-refractivity contribution < 1.29 is 14.3 Å². The molecule has 0 aromatic rings. The van der Waals surface area contributed by atoms with Crippen molar-refractivity contribution in [1.29, 1.82) is 0 Å². The molecule has 0 heterocycles. The van der Waals surface area contributed by atoms with E-state index in [1.807, 2.05) is 19.0 Å². The van der Waals surface area contributed by atoms with Crippen LogP contribution in [0.25, 0.3) is 0 Å². The van der Waals surface area contributed by atoms with Gasteiger partial charge in [-0.05, 0) is 39.8 Å². The lowest BCUT2D eigenvalue weighted by atomic mass is 10.0. The normalized spacial score (nSPS) is 12.2. The Kier molecular flexibility index (Phi) is 22.9. The number of carbonyl (C=O) groups excluding carboxylic acids is 2. The van der Waals surface area contributed by atoms with Crippen LogP contribution in [0.2, 0.25) is 0 Å². The van der Waals surface area contributed by atoms with Gasteiger partial charge in [0.25, 0.3) is 5.24 Å². The van der Waals surface area contributed by atoms with E-state index in [1.165, 1.54) is 83.5 Å². The summed E-state index contributed by atoms with van der Waals surface area (Å²) in [4.78, 5) is 26.2. The van der Waals surface area contributed by atoms with Crippen LogP contribution in [-0.4, -0.2) is 48.7 Å². The summed E-state index contributed by atoms with van der Waals surface area (Å²) < 4.78 is 5.66. The van der Waals surface area contributed by atoms with Crippen molar-refractivity contribution in [1.82, 2.24) is 10.2 Å². The second-order valence-electron chi connectivity index (χ2n) is 9.27. The lowest BCUT2D eigenvalue weighted by Gasteiger charge is -2.18. The highest BCUT2D eigenvalue weighted by Crippen LogP contribution is 2.17. The first-order chi connectivity index (χ1) is 15.5. The number of rotatable bonds is 21. The molecule has 2 amide bonds. The largest absolute Gasteiger partial charge is 0.446 e. The second kappa shape index (κ2) is 23.4. The fourth-order valence-corrected chi connectivity index (χ4v) is 4.52. The van der Waals surface area contributed by atoms with Crippen molar-refractivity contribution in [3.8, 4) is 0 Å². The molecule has 0 aromatic carbocycles. The molecule has 5 nitrogen and oxygen atoms in total. The zero-order valence-corrected chi connectivity index (χ0v) is 22.4. The van der Waals surface area contributed by atoms with Crippen LogP contribution in [0.15, 0.2) is 0 Å². The number of unbranched alkanes of at least 4 members (excludes halogenated alkanes) is 13. The van der Waals surface area contributed by atoms with E-state index in [4.69, 9.17) is 4.74 Å². The minimum atomic E-state index is -0.583. The number of hydrogen-bond donors (Lipinski definition) is 1. The minimum absolute atomic E-state index is 0.0784. The molecule has 0 aromatic heterocycles. The summed E-state index contributed by atoms with van der Waals surface area (Å²) >= 11 is 1.13. The number of imide groups is 1. The van der Waals surface area contributed by atoms with Gasteiger partial charge in [0.2, 0.25) is 0 Å². The maximum atomic E-state index is 12.2. The summed E-state index contributed by atoms with van der Waals surface area (Å²) in [5, 5.41) is 2.06. The van der Waals surface area contributed by atoms with Crippen LogP contribution in [0.3, 0.4) is 0 Å². The van der Waals surface area contributed by atoms with Crippen LogP contribution in [0.4, 0.5) is 9.59 Å². The Hall–Kier alpha value is -0.750. The van der Waals surface area contributed by atoms with Crippen molar-refractivity contribution in [3.63, 3.8) is 0 Å². The molecule has 6 heteroatoms. The van der Waals surface area contributed by atoms with Crippen molar-refractivity contribution in [3.05, 3.63) is 0 Å². The van der Waals surface area contributed by atoms with Crippen molar-refractivity contribution in [2.24, 2.45) is 0 Å². The molecule has 0 bridgehead atoms. The zero-order chi connectivity index (χ0) is 23.9. The summed E-state index contributed by atoms with van der Waals surface area (Å²) in [6.07, 6.45) is 20.1. The highest BCUT2D eigenvalue weighted by molar-refractivity contribution is 8.13. The van der Waals surface area contributed by atoms with Crippen molar-refractivity contribution in [2.75, 3.05) is 26.4 Å². The van der Waals surface area contributed by atoms with Gasteiger partial charge in [-0.3, -0.25) is 10.1 Å². The van der Waals surface area contributed by atoms with Crippen LogP contribution in [0.5, 0.6) is 0 Å². The van der Waals surface area contributed by atoms with Gasteiger partial charge >= 0.3 is 6.09 Å². The molecule has 0 saturated carbocycles. The first-order valence-corrected chi connectivity index (χ1v) is 14.3. The molecule has 1 unspecified atom stereocenters.